The Balaban J connectivity index is 2.66. The van der Waals surface area contributed by atoms with E-state index < -0.39 is 29.9 Å². The van der Waals surface area contributed by atoms with E-state index in [-0.39, 0.29) is 18.0 Å². The van der Waals surface area contributed by atoms with Gasteiger partial charge in [0.15, 0.2) is 0 Å². The van der Waals surface area contributed by atoms with Crippen LogP contribution in [0.1, 0.15) is 25.8 Å². The number of carboxylic acid groups (broad SMARTS) is 1. The van der Waals surface area contributed by atoms with Gasteiger partial charge < -0.3 is 9.84 Å². The number of amides is 1. The molecular weight excluding hydrogens is 303 g/mol. The van der Waals surface area contributed by atoms with E-state index in [0.29, 0.717) is 0 Å². The molecule has 0 aliphatic heterocycles. The Bertz CT molecular complexity index is 526. The molecule has 1 rings (SSSR count). The summed E-state index contributed by atoms with van der Waals surface area (Å²) in [5.41, 5.74) is -0.777. The molecule has 0 saturated heterocycles. The number of hydrogen-bond donors (Lipinski definition) is 2. The Labute approximate surface area is 125 Å². The minimum atomic E-state index is -4.47. The van der Waals surface area contributed by atoms with Crippen LogP contribution in [-0.4, -0.2) is 23.3 Å². The molecule has 1 aromatic rings. The smallest absolute Gasteiger partial charge is 0.416 e. The van der Waals surface area contributed by atoms with Crippen molar-refractivity contribution in [1.82, 2.24) is 0 Å². The molecule has 0 radical (unpaired) electrons. The quantitative estimate of drug-likeness (QED) is 0.866. The lowest BCUT2D eigenvalue weighted by molar-refractivity contribution is -0.147. The summed E-state index contributed by atoms with van der Waals surface area (Å²) in [7, 11) is 0. The van der Waals surface area contributed by atoms with Gasteiger partial charge in [-0.15, -0.1) is 0 Å². The van der Waals surface area contributed by atoms with Crippen molar-refractivity contribution in [3.8, 4) is 0 Å². The molecule has 0 unspecified atom stereocenters. The topological polar surface area (TPSA) is 75.6 Å². The van der Waals surface area contributed by atoms with Gasteiger partial charge in [-0.2, -0.15) is 13.2 Å². The lowest BCUT2D eigenvalue weighted by Crippen LogP contribution is -2.30. The van der Waals surface area contributed by atoms with Crippen molar-refractivity contribution in [1.29, 1.82) is 0 Å². The Morgan fingerprint density at radius 2 is 1.77 bits per heavy atom. The number of ether oxygens (including phenoxy) is 1. The lowest BCUT2D eigenvalue weighted by atomic mass is 10.1. The molecule has 1 amide bonds. The number of carbonyl (C=O) groups excluding carboxylic acids is 1. The molecule has 122 valence electrons. The second-order valence-electron chi connectivity index (χ2n) is 5.06. The maximum atomic E-state index is 12.4. The van der Waals surface area contributed by atoms with Crippen LogP contribution in [0.4, 0.5) is 23.7 Å². The van der Waals surface area contributed by atoms with Gasteiger partial charge in [-0.25, -0.2) is 9.59 Å². The molecule has 0 aliphatic carbocycles. The molecule has 0 spiro atoms. The normalized spacial score (nSPS) is 12.8. The highest BCUT2D eigenvalue weighted by Gasteiger charge is 2.30. The van der Waals surface area contributed by atoms with Crippen LogP contribution in [0.5, 0.6) is 0 Å². The van der Waals surface area contributed by atoms with Crippen molar-refractivity contribution in [3.63, 3.8) is 0 Å². The summed E-state index contributed by atoms with van der Waals surface area (Å²) >= 11 is 0. The summed E-state index contributed by atoms with van der Waals surface area (Å²) in [6.45, 7) is 3.54. The van der Waals surface area contributed by atoms with Crippen molar-refractivity contribution in [3.05, 3.63) is 29.8 Å². The number of alkyl halides is 3. The number of rotatable bonds is 5. The molecule has 0 aliphatic rings. The van der Waals surface area contributed by atoms with Crippen molar-refractivity contribution in [2.75, 3.05) is 5.32 Å². The largest absolute Gasteiger partial charge is 0.479 e. The van der Waals surface area contributed by atoms with Gasteiger partial charge in [0.1, 0.15) is 0 Å². The Hall–Kier alpha value is -2.25. The summed E-state index contributed by atoms with van der Waals surface area (Å²) < 4.78 is 41.9. The number of anilines is 1. The predicted molar refractivity (Wildman–Crippen MR) is 72.4 cm³/mol. The van der Waals surface area contributed by atoms with Gasteiger partial charge in [0.2, 0.25) is 6.10 Å². The fraction of sp³-hybridized carbons (Fsp3) is 0.429. The fourth-order valence-electron chi connectivity index (χ4n) is 1.65. The zero-order chi connectivity index (χ0) is 16.9. The molecule has 1 atom stereocenters. The van der Waals surface area contributed by atoms with E-state index in [1.54, 1.807) is 13.8 Å². The molecule has 1 aromatic carbocycles. The zero-order valence-electron chi connectivity index (χ0n) is 12.0. The van der Waals surface area contributed by atoms with Crippen LogP contribution >= 0.6 is 0 Å². The number of halogens is 3. The summed E-state index contributed by atoms with van der Waals surface area (Å²) in [4.78, 5) is 22.5. The van der Waals surface area contributed by atoms with Crippen LogP contribution in [0.2, 0.25) is 0 Å². The third-order valence-corrected chi connectivity index (χ3v) is 2.67. The van der Waals surface area contributed by atoms with E-state index >= 15 is 0 Å². The van der Waals surface area contributed by atoms with Crippen LogP contribution in [0, 0.1) is 5.92 Å². The number of carbonyl (C=O) groups is 2. The van der Waals surface area contributed by atoms with Crippen molar-refractivity contribution in [2.45, 2.75) is 32.5 Å². The van der Waals surface area contributed by atoms with Gasteiger partial charge in [-0.1, -0.05) is 13.8 Å². The monoisotopic (exact) mass is 319 g/mol. The summed E-state index contributed by atoms with van der Waals surface area (Å²) in [6.07, 6.45) is -6.68. The molecule has 0 saturated carbocycles. The van der Waals surface area contributed by atoms with E-state index in [4.69, 9.17) is 9.84 Å². The molecule has 5 nitrogen and oxygen atoms in total. The van der Waals surface area contributed by atoms with E-state index in [2.05, 4.69) is 5.32 Å². The highest BCUT2D eigenvalue weighted by molar-refractivity contribution is 5.86. The molecule has 0 aromatic heterocycles. The molecular formula is C14H16F3NO4. The van der Waals surface area contributed by atoms with Crippen LogP contribution in [0.25, 0.3) is 0 Å². The van der Waals surface area contributed by atoms with Crippen molar-refractivity contribution >= 4 is 17.7 Å². The maximum Gasteiger partial charge on any atom is 0.416 e. The third-order valence-electron chi connectivity index (χ3n) is 2.67. The van der Waals surface area contributed by atoms with Gasteiger partial charge in [0.25, 0.3) is 0 Å². The lowest BCUT2D eigenvalue weighted by Gasteiger charge is -2.16. The zero-order valence-corrected chi connectivity index (χ0v) is 12.0. The first-order valence-corrected chi connectivity index (χ1v) is 6.47. The van der Waals surface area contributed by atoms with Crippen LogP contribution in [-0.2, 0) is 15.7 Å². The van der Waals surface area contributed by atoms with E-state index in [0.717, 1.165) is 24.3 Å². The fourth-order valence-corrected chi connectivity index (χ4v) is 1.65. The van der Waals surface area contributed by atoms with E-state index in [1.165, 1.54) is 0 Å². The van der Waals surface area contributed by atoms with E-state index in [9.17, 15) is 22.8 Å². The molecule has 0 bridgehead atoms. The molecule has 0 fully saturated rings. The average Bonchev–Trinajstić information content (AvgIpc) is 2.36. The van der Waals surface area contributed by atoms with Crippen LogP contribution in [0.15, 0.2) is 24.3 Å². The highest BCUT2D eigenvalue weighted by Crippen LogP contribution is 2.29. The molecule has 2 N–H and O–H groups in total. The maximum absolute atomic E-state index is 12.4. The van der Waals surface area contributed by atoms with Crippen LogP contribution in [0.3, 0.4) is 0 Å². The van der Waals surface area contributed by atoms with Crippen molar-refractivity contribution in [2.24, 2.45) is 5.92 Å². The average molecular weight is 319 g/mol. The van der Waals surface area contributed by atoms with Gasteiger partial charge in [-0.05, 0) is 36.6 Å². The summed E-state index contributed by atoms with van der Waals surface area (Å²) in [6, 6.07) is 3.72. The summed E-state index contributed by atoms with van der Waals surface area (Å²) in [5, 5.41) is 11.1. The molecule has 8 heteroatoms. The highest BCUT2D eigenvalue weighted by atomic mass is 19.4. The Morgan fingerprint density at radius 1 is 1.23 bits per heavy atom. The minimum Gasteiger partial charge on any atom is -0.479 e. The van der Waals surface area contributed by atoms with E-state index in [1.807, 2.05) is 0 Å². The first-order chi connectivity index (χ1) is 10.1. The van der Waals surface area contributed by atoms with Crippen molar-refractivity contribution < 1.29 is 32.6 Å². The Kier molecular flexibility index (Phi) is 5.78. The number of aliphatic carboxylic acids is 1. The van der Waals surface area contributed by atoms with Gasteiger partial charge in [0, 0.05) is 5.69 Å². The second kappa shape index (κ2) is 7.15. The second-order valence-corrected chi connectivity index (χ2v) is 5.06. The molecule has 22 heavy (non-hydrogen) atoms. The third kappa shape index (κ3) is 5.63. The SMILES string of the molecule is CC(C)C[C@H](OC(=O)Nc1ccc(C(F)(F)F)cc1)C(=O)O. The first-order valence-electron chi connectivity index (χ1n) is 6.47. The predicted octanol–water partition coefficient (Wildman–Crippen LogP) is 3.75. The molecule has 0 heterocycles. The number of carboxylic acids is 1. The first kappa shape index (κ1) is 17.8. The number of hydrogen-bond acceptors (Lipinski definition) is 3. The Morgan fingerprint density at radius 3 is 2.18 bits per heavy atom. The minimum absolute atomic E-state index is 0.0000286. The standard InChI is InChI=1S/C14H16F3NO4/c1-8(2)7-11(12(19)20)22-13(21)18-10-5-3-9(4-6-10)14(15,16)17/h3-6,8,11H,7H2,1-2H3,(H,18,21)(H,19,20)/t11-/m0/s1. The van der Waals surface area contributed by atoms with Gasteiger partial charge >= 0.3 is 18.2 Å². The van der Waals surface area contributed by atoms with Gasteiger partial charge in [0.05, 0.1) is 5.56 Å². The summed E-state index contributed by atoms with van der Waals surface area (Å²) in [5.74, 6) is -1.28. The van der Waals surface area contributed by atoms with Crippen LogP contribution < -0.4 is 5.32 Å². The van der Waals surface area contributed by atoms with Gasteiger partial charge in [-0.3, -0.25) is 5.32 Å². The number of nitrogens with one attached hydrogen (secondary N) is 1. The number of benzene rings is 1.